The molecule has 2 aromatic carbocycles. The summed E-state index contributed by atoms with van der Waals surface area (Å²) < 4.78 is 13.1. The van der Waals surface area contributed by atoms with Crippen LogP contribution in [0.2, 0.25) is 5.02 Å². The van der Waals surface area contributed by atoms with Gasteiger partial charge in [0.1, 0.15) is 5.82 Å². The molecule has 0 aromatic heterocycles. The van der Waals surface area contributed by atoms with Gasteiger partial charge >= 0.3 is 0 Å². The molecule has 0 amide bonds. The van der Waals surface area contributed by atoms with Crippen LogP contribution in [0.25, 0.3) is 0 Å². The van der Waals surface area contributed by atoms with Crippen LogP contribution in [0, 0.1) is 5.82 Å². The van der Waals surface area contributed by atoms with Crippen molar-refractivity contribution >= 4 is 23.0 Å². The Morgan fingerprint density at radius 3 is 2.38 bits per heavy atom. The fraction of sp³-hybridized carbons (Fsp3) is 0.294. The van der Waals surface area contributed by atoms with Crippen LogP contribution in [0.15, 0.2) is 42.5 Å². The highest BCUT2D eigenvalue weighted by molar-refractivity contribution is 6.31. The molecule has 1 N–H and O–H groups in total. The molecule has 0 aliphatic heterocycles. The maximum Gasteiger partial charge on any atom is 0.123 e. The van der Waals surface area contributed by atoms with Gasteiger partial charge < -0.3 is 10.2 Å². The largest absolute Gasteiger partial charge is 0.377 e. The first-order chi connectivity index (χ1) is 10.0. The van der Waals surface area contributed by atoms with Crippen LogP contribution in [0.3, 0.4) is 0 Å². The van der Waals surface area contributed by atoms with Gasteiger partial charge in [0.25, 0.3) is 0 Å². The zero-order chi connectivity index (χ0) is 15.4. The summed E-state index contributed by atoms with van der Waals surface area (Å²) in [6.07, 6.45) is 0.894. The zero-order valence-corrected chi connectivity index (χ0v) is 13.3. The van der Waals surface area contributed by atoms with Crippen LogP contribution in [0.5, 0.6) is 0 Å². The van der Waals surface area contributed by atoms with Gasteiger partial charge in [0.2, 0.25) is 0 Å². The molecule has 0 aliphatic rings. The summed E-state index contributed by atoms with van der Waals surface area (Å²) >= 11 is 6.11. The Hall–Kier alpha value is -1.74. The molecule has 112 valence electrons. The average molecular weight is 307 g/mol. The third-order valence-electron chi connectivity index (χ3n) is 3.45. The Kier molecular flexibility index (Phi) is 5.07. The minimum absolute atomic E-state index is 0.114. The summed E-state index contributed by atoms with van der Waals surface area (Å²) in [5, 5.41) is 4.20. The highest BCUT2D eigenvalue weighted by Gasteiger charge is 2.13. The third-order valence-corrected chi connectivity index (χ3v) is 3.69. The van der Waals surface area contributed by atoms with Crippen LogP contribution in [-0.4, -0.2) is 14.1 Å². The molecule has 0 saturated carbocycles. The topological polar surface area (TPSA) is 15.3 Å². The predicted octanol–water partition coefficient (Wildman–Crippen LogP) is 5.11. The van der Waals surface area contributed by atoms with Gasteiger partial charge in [-0.2, -0.15) is 0 Å². The van der Waals surface area contributed by atoms with E-state index in [1.54, 1.807) is 0 Å². The molecule has 2 nitrogen and oxygen atoms in total. The molecular formula is C17H20ClFN2. The van der Waals surface area contributed by atoms with Gasteiger partial charge in [-0.25, -0.2) is 4.39 Å². The SMILES string of the molecule is CCC(Nc1cc(Cl)ccc1N(C)C)c1ccc(F)cc1. The van der Waals surface area contributed by atoms with Crippen molar-refractivity contribution in [1.29, 1.82) is 0 Å². The molecule has 0 fully saturated rings. The third kappa shape index (κ3) is 3.88. The van der Waals surface area contributed by atoms with Gasteiger partial charge in [-0.1, -0.05) is 30.7 Å². The van der Waals surface area contributed by atoms with Crippen molar-refractivity contribution in [2.75, 3.05) is 24.3 Å². The predicted molar refractivity (Wildman–Crippen MR) is 88.8 cm³/mol. The van der Waals surface area contributed by atoms with Crippen LogP contribution >= 0.6 is 11.6 Å². The number of benzene rings is 2. The quantitative estimate of drug-likeness (QED) is 0.826. The van der Waals surface area contributed by atoms with Gasteiger partial charge in [-0.05, 0) is 42.3 Å². The fourth-order valence-electron chi connectivity index (χ4n) is 2.32. The molecule has 0 spiro atoms. The van der Waals surface area contributed by atoms with Crippen molar-refractivity contribution in [3.63, 3.8) is 0 Å². The molecule has 2 aromatic rings. The first kappa shape index (κ1) is 15.6. The lowest BCUT2D eigenvalue weighted by molar-refractivity contribution is 0.625. The molecule has 1 atom stereocenters. The Morgan fingerprint density at radius 2 is 1.81 bits per heavy atom. The number of nitrogens with one attached hydrogen (secondary N) is 1. The summed E-state index contributed by atoms with van der Waals surface area (Å²) in [6.45, 7) is 2.10. The number of anilines is 2. The molecule has 21 heavy (non-hydrogen) atoms. The molecule has 0 saturated heterocycles. The molecule has 0 bridgehead atoms. The van der Waals surface area contributed by atoms with E-state index in [4.69, 9.17) is 11.6 Å². The number of hydrogen-bond donors (Lipinski definition) is 1. The van der Waals surface area contributed by atoms with Gasteiger partial charge in [0.15, 0.2) is 0 Å². The molecule has 4 heteroatoms. The van der Waals surface area contributed by atoms with Crippen molar-refractivity contribution in [3.8, 4) is 0 Å². The minimum atomic E-state index is -0.217. The van der Waals surface area contributed by atoms with E-state index in [-0.39, 0.29) is 11.9 Å². The summed E-state index contributed by atoms with van der Waals surface area (Å²) in [5.74, 6) is -0.217. The minimum Gasteiger partial charge on any atom is -0.377 e. The Bertz CT molecular complexity index is 596. The second-order valence-corrected chi connectivity index (χ2v) is 5.65. The molecule has 0 heterocycles. The number of hydrogen-bond acceptors (Lipinski definition) is 2. The van der Waals surface area contributed by atoms with Crippen molar-refractivity contribution in [3.05, 3.63) is 58.9 Å². The van der Waals surface area contributed by atoms with Crippen LogP contribution in [0.1, 0.15) is 24.9 Å². The standard InChI is InChI=1S/C17H20ClFN2/c1-4-15(12-5-8-14(19)9-6-12)20-16-11-13(18)7-10-17(16)21(2)3/h5-11,15,20H,4H2,1-3H3. The van der Waals surface area contributed by atoms with Gasteiger partial charge in [-0.15, -0.1) is 0 Å². The number of halogens is 2. The van der Waals surface area contributed by atoms with E-state index >= 15 is 0 Å². The van der Waals surface area contributed by atoms with Gasteiger partial charge in [0, 0.05) is 19.1 Å². The zero-order valence-electron chi connectivity index (χ0n) is 12.5. The monoisotopic (exact) mass is 306 g/mol. The fourth-order valence-corrected chi connectivity index (χ4v) is 2.49. The second-order valence-electron chi connectivity index (χ2n) is 5.21. The molecule has 2 rings (SSSR count). The Balaban J connectivity index is 2.30. The van der Waals surface area contributed by atoms with E-state index in [2.05, 4.69) is 12.2 Å². The number of rotatable bonds is 5. The van der Waals surface area contributed by atoms with E-state index in [1.165, 1.54) is 12.1 Å². The lowest BCUT2D eigenvalue weighted by atomic mass is 10.0. The van der Waals surface area contributed by atoms with Crippen molar-refractivity contribution < 1.29 is 4.39 Å². The maximum atomic E-state index is 13.1. The molecule has 0 radical (unpaired) electrons. The van der Waals surface area contributed by atoms with Crippen molar-refractivity contribution in [1.82, 2.24) is 0 Å². The van der Waals surface area contributed by atoms with Crippen LogP contribution in [-0.2, 0) is 0 Å². The first-order valence-electron chi connectivity index (χ1n) is 7.00. The lowest BCUT2D eigenvalue weighted by Crippen LogP contribution is -2.15. The Labute approximate surface area is 130 Å². The maximum absolute atomic E-state index is 13.1. The van der Waals surface area contributed by atoms with E-state index in [9.17, 15) is 4.39 Å². The van der Waals surface area contributed by atoms with E-state index in [0.717, 1.165) is 23.4 Å². The average Bonchev–Trinajstić information content (AvgIpc) is 2.45. The van der Waals surface area contributed by atoms with Gasteiger partial charge in [0.05, 0.1) is 17.4 Å². The summed E-state index contributed by atoms with van der Waals surface area (Å²) in [4.78, 5) is 2.04. The molecule has 0 aliphatic carbocycles. The van der Waals surface area contributed by atoms with Gasteiger partial charge in [-0.3, -0.25) is 0 Å². The highest BCUT2D eigenvalue weighted by atomic mass is 35.5. The normalized spacial score (nSPS) is 12.0. The molecular weight excluding hydrogens is 287 g/mol. The summed E-state index contributed by atoms with van der Waals surface area (Å²) in [6, 6.07) is 12.5. The number of nitrogens with zero attached hydrogens (tertiary/aromatic N) is 1. The second kappa shape index (κ2) is 6.81. The summed E-state index contributed by atoms with van der Waals surface area (Å²) in [5.41, 5.74) is 3.10. The van der Waals surface area contributed by atoms with Crippen molar-refractivity contribution in [2.24, 2.45) is 0 Å². The van der Waals surface area contributed by atoms with Crippen LogP contribution < -0.4 is 10.2 Å². The molecule has 1 unspecified atom stereocenters. The smallest absolute Gasteiger partial charge is 0.123 e. The van der Waals surface area contributed by atoms with E-state index in [1.807, 2.05) is 49.3 Å². The highest BCUT2D eigenvalue weighted by Crippen LogP contribution is 2.32. The van der Waals surface area contributed by atoms with Crippen molar-refractivity contribution in [2.45, 2.75) is 19.4 Å². The van der Waals surface area contributed by atoms with E-state index < -0.39 is 0 Å². The Morgan fingerprint density at radius 1 is 1.14 bits per heavy atom. The summed E-state index contributed by atoms with van der Waals surface area (Å²) in [7, 11) is 3.99. The van der Waals surface area contributed by atoms with Crippen LogP contribution in [0.4, 0.5) is 15.8 Å². The first-order valence-corrected chi connectivity index (χ1v) is 7.38. The lowest BCUT2D eigenvalue weighted by Gasteiger charge is -2.24. The van der Waals surface area contributed by atoms with E-state index in [0.29, 0.717) is 5.02 Å².